The maximum Gasteiger partial charge on any atom is 0.296 e. The number of aliphatic hydroxyl groups excluding tert-OH is 1. The zero-order valence-corrected chi connectivity index (χ0v) is 16.7. The van der Waals surface area contributed by atoms with Crippen molar-refractivity contribution in [2.45, 2.75) is 37.3 Å². The number of benzene rings is 1. The van der Waals surface area contributed by atoms with Gasteiger partial charge in [0, 0.05) is 5.56 Å². The molecule has 4 atom stereocenters. The zero-order valence-electron chi connectivity index (χ0n) is 15.9. The first kappa shape index (κ1) is 20.5. The van der Waals surface area contributed by atoms with E-state index in [1.807, 2.05) is 0 Å². The molecule has 4 heterocycles. The molecule has 0 aliphatic carbocycles. The number of fused-ring (bicyclic) bond motifs is 2. The lowest BCUT2D eigenvalue weighted by Crippen LogP contribution is -2.34. The van der Waals surface area contributed by atoms with Crippen LogP contribution in [0.4, 0.5) is 13.2 Å². The Balaban J connectivity index is 1.34. The van der Waals surface area contributed by atoms with E-state index in [9.17, 15) is 18.3 Å². The molecule has 2 fully saturated rings. The Morgan fingerprint density at radius 2 is 1.87 bits per heavy atom. The molecule has 0 unspecified atom stereocenters. The van der Waals surface area contributed by atoms with Crippen molar-refractivity contribution in [2.75, 3.05) is 13.2 Å². The quantitative estimate of drug-likeness (QED) is 0.575. The van der Waals surface area contributed by atoms with Gasteiger partial charge in [-0.25, -0.2) is 18.2 Å². The summed E-state index contributed by atoms with van der Waals surface area (Å²) >= 11 is 6.27. The number of aryl methyl sites for hydroxylation is 1. The molecule has 3 aromatic rings. The molecule has 0 spiro atoms. The fourth-order valence-electron chi connectivity index (χ4n) is 3.89. The van der Waals surface area contributed by atoms with Gasteiger partial charge in [-0.2, -0.15) is 4.98 Å². The maximum absolute atomic E-state index is 13.9. The maximum atomic E-state index is 13.9. The van der Waals surface area contributed by atoms with Gasteiger partial charge in [-0.3, -0.25) is 0 Å². The second-order valence-corrected chi connectivity index (χ2v) is 7.88. The molecule has 1 aromatic carbocycles. The number of pyridine rings is 1. The van der Waals surface area contributed by atoms with Crippen LogP contribution >= 0.6 is 11.6 Å². The number of nitrogens with one attached hydrogen (secondary N) is 1. The number of H-pyrrole nitrogens is 1. The van der Waals surface area contributed by atoms with Gasteiger partial charge in [0.1, 0.15) is 24.1 Å². The van der Waals surface area contributed by atoms with Crippen LogP contribution in [-0.4, -0.2) is 57.7 Å². The normalized spacial score (nSPS) is 25.3. The SMILES string of the molecule is O[C@@H]1CO[C@H]2[C@@H]1OC[C@H]2Oc1nc2nc(CCc3c(F)ccc(F)c3F)c(Cl)cc2[nH]1. The van der Waals surface area contributed by atoms with Gasteiger partial charge in [0.25, 0.3) is 6.01 Å². The molecule has 2 N–H and O–H groups in total. The van der Waals surface area contributed by atoms with Crippen LogP contribution in [0.25, 0.3) is 11.2 Å². The van der Waals surface area contributed by atoms with Crippen molar-refractivity contribution in [2.24, 2.45) is 0 Å². The molecule has 0 bridgehead atoms. The summed E-state index contributed by atoms with van der Waals surface area (Å²) in [7, 11) is 0. The van der Waals surface area contributed by atoms with E-state index in [2.05, 4.69) is 15.0 Å². The van der Waals surface area contributed by atoms with Crippen LogP contribution < -0.4 is 4.74 Å². The monoisotopic (exact) mass is 455 g/mol. The van der Waals surface area contributed by atoms with Crippen molar-refractivity contribution < 1.29 is 32.5 Å². The van der Waals surface area contributed by atoms with Crippen molar-refractivity contribution in [1.29, 1.82) is 0 Å². The van der Waals surface area contributed by atoms with E-state index in [1.54, 1.807) is 6.07 Å². The number of aromatic nitrogens is 3. The van der Waals surface area contributed by atoms with Gasteiger partial charge in [0.15, 0.2) is 23.4 Å². The number of halogens is 4. The minimum absolute atomic E-state index is 0.0844. The van der Waals surface area contributed by atoms with Crippen molar-refractivity contribution in [3.05, 3.63) is 51.9 Å². The van der Waals surface area contributed by atoms with Gasteiger partial charge in [0.05, 0.1) is 29.4 Å². The Morgan fingerprint density at radius 3 is 2.71 bits per heavy atom. The predicted octanol–water partition coefficient (Wildman–Crippen LogP) is 2.72. The molecule has 31 heavy (non-hydrogen) atoms. The van der Waals surface area contributed by atoms with Crippen molar-refractivity contribution in [1.82, 2.24) is 15.0 Å². The van der Waals surface area contributed by atoms with E-state index in [-0.39, 0.29) is 42.7 Å². The minimum atomic E-state index is -1.22. The molecule has 164 valence electrons. The highest BCUT2D eigenvalue weighted by Gasteiger charge is 2.48. The third-order valence-electron chi connectivity index (χ3n) is 5.47. The van der Waals surface area contributed by atoms with E-state index in [4.69, 9.17) is 25.8 Å². The standard InChI is InChI=1S/C20H17ClF3N3O4/c21-9-5-13-19(25-12(9)4-1-8-10(22)2-3-11(23)16(8)24)27-20(26-13)31-15-7-30-17-14(28)6-29-18(15)17/h2-3,5,14-15,17-18,28H,1,4,6-7H2,(H,25,26,27)/t14-,15-,17-,18-/m1/s1. The van der Waals surface area contributed by atoms with Crippen molar-refractivity contribution in [3.8, 4) is 6.01 Å². The van der Waals surface area contributed by atoms with Crippen LogP contribution in [0.5, 0.6) is 6.01 Å². The molecule has 2 aliphatic rings. The van der Waals surface area contributed by atoms with Crippen molar-refractivity contribution >= 4 is 22.8 Å². The summed E-state index contributed by atoms with van der Waals surface area (Å²) < 4.78 is 58.0. The molecule has 2 aromatic heterocycles. The van der Waals surface area contributed by atoms with Gasteiger partial charge < -0.3 is 24.3 Å². The molecule has 0 radical (unpaired) electrons. The molecule has 2 aliphatic heterocycles. The van der Waals surface area contributed by atoms with E-state index in [0.717, 1.165) is 12.1 Å². The number of rotatable bonds is 5. The summed E-state index contributed by atoms with van der Waals surface area (Å²) in [6.45, 7) is 0.427. The summed E-state index contributed by atoms with van der Waals surface area (Å²) in [4.78, 5) is 11.6. The first-order valence-corrected chi connectivity index (χ1v) is 10.0. The molecule has 5 rings (SSSR count). The largest absolute Gasteiger partial charge is 0.456 e. The summed E-state index contributed by atoms with van der Waals surface area (Å²) in [5.41, 5.74) is 0.812. The predicted molar refractivity (Wildman–Crippen MR) is 103 cm³/mol. The first-order valence-electron chi connectivity index (χ1n) is 9.66. The molecular weight excluding hydrogens is 439 g/mol. The Kier molecular flexibility index (Phi) is 5.25. The van der Waals surface area contributed by atoms with Crippen LogP contribution in [0.2, 0.25) is 5.02 Å². The summed E-state index contributed by atoms with van der Waals surface area (Å²) in [6, 6.07) is 3.39. The smallest absolute Gasteiger partial charge is 0.296 e. The van der Waals surface area contributed by atoms with Gasteiger partial charge in [-0.05, 0) is 31.0 Å². The van der Waals surface area contributed by atoms with Crippen molar-refractivity contribution in [3.63, 3.8) is 0 Å². The molecule has 0 saturated carbocycles. The van der Waals surface area contributed by atoms with E-state index in [1.165, 1.54) is 0 Å². The van der Waals surface area contributed by atoms with Crippen LogP contribution in [0.1, 0.15) is 11.3 Å². The fraction of sp³-hybridized carbons (Fsp3) is 0.400. The lowest BCUT2D eigenvalue weighted by Gasteiger charge is -2.15. The second kappa shape index (κ2) is 7.94. The van der Waals surface area contributed by atoms with E-state index >= 15 is 0 Å². The number of ether oxygens (including phenoxy) is 3. The Hall–Kier alpha value is -2.40. The minimum Gasteiger partial charge on any atom is -0.456 e. The van der Waals surface area contributed by atoms with E-state index < -0.39 is 41.9 Å². The molecular formula is C20H17ClF3N3O4. The van der Waals surface area contributed by atoms with Gasteiger partial charge in [-0.15, -0.1) is 0 Å². The number of aromatic amines is 1. The van der Waals surface area contributed by atoms with E-state index in [0.29, 0.717) is 16.9 Å². The molecule has 0 amide bonds. The number of hydrogen-bond donors (Lipinski definition) is 2. The highest BCUT2D eigenvalue weighted by atomic mass is 35.5. The van der Waals surface area contributed by atoms with Crippen LogP contribution in [-0.2, 0) is 22.3 Å². The van der Waals surface area contributed by atoms with Crippen LogP contribution in [0.3, 0.4) is 0 Å². The first-order chi connectivity index (χ1) is 14.9. The number of hydrogen-bond acceptors (Lipinski definition) is 6. The second-order valence-electron chi connectivity index (χ2n) is 7.47. The Morgan fingerprint density at radius 1 is 1.10 bits per heavy atom. The average molecular weight is 456 g/mol. The molecule has 7 nitrogen and oxygen atoms in total. The summed E-state index contributed by atoms with van der Waals surface area (Å²) in [6.07, 6.45) is -2.00. The number of nitrogens with zero attached hydrogens (tertiary/aromatic N) is 2. The highest BCUT2D eigenvalue weighted by Crippen LogP contribution is 2.30. The Bertz CT molecular complexity index is 1140. The average Bonchev–Trinajstić information content (AvgIpc) is 3.42. The fourth-order valence-corrected chi connectivity index (χ4v) is 4.14. The molecule has 11 heteroatoms. The van der Waals surface area contributed by atoms with Gasteiger partial charge in [0.2, 0.25) is 0 Å². The third-order valence-corrected chi connectivity index (χ3v) is 5.80. The highest BCUT2D eigenvalue weighted by molar-refractivity contribution is 6.31. The lowest BCUT2D eigenvalue weighted by atomic mass is 10.1. The summed E-state index contributed by atoms with van der Waals surface area (Å²) in [5.74, 6) is -3.16. The molecule has 2 saturated heterocycles. The van der Waals surface area contributed by atoms with Crippen LogP contribution in [0, 0.1) is 17.5 Å². The lowest BCUT2D eigenvalue weighted by molar-refractivity contribution is 0.00706. The number of aliphatic hydroxyl groups is 1. The summed E-state index contributed by atoms with van der Waals surface area (Å²) in [5, 5.41) is 10.1. The van der Waals surface area contributed by atoms with Crippen LogP contribution in [0.15, 0.2) is 18.2 Å². The third kappa shape index (κ3) is 3.73. The van der Waals surface area contributed by atoms with Gasteiger partial charge >= 0.3 is 0 Å². The number of imidazole rings is 1. The zero-order chi connectivity index (χ0) is 21.7. The van der Waals surface area contributed by atoms with Gasteiger partial charge in [-0.1, -0.05) is 11.6 Å². The topological polar surface area (TPSA) is 89.5 Å². The Labute approximate surface area is 179 Å².